The third kappa shape index (κ3) is 3.37. The quantitative estimate of drug-likeness (QED) is 0.692. The topological polar surface area (TPSA) is 60.2 Å². The van der Waals surface area contributed by atoms with Crippen LogP contribution in [0.25, 0.3) is 10.2 Å². The van der Waals surface area contributed by atoms with E-state index >= 15 is 0 Å². The number of aromatic nitrogens is 3. The van der Waals surface area contributed by atoms with Gasteiger partial charge in [-0.25, -0.2) is 9.97 Å². The summed E-state index contributed by atoms with van der Waals surface area (Å²) in [6.45, 7) is 2.96. The highest BCUT2D eigenvalue weighted by Crippen LogP contribution is 2.28. The first-order valence-electron chi connectivity index (χ1n) is 8.89. The Bertz CT molecular complexity index is 904. The lowest BCUT2D eigenvalue weighted by molar-refractivity contribution is 0.0702. The highest BCUT2D eigenvalue weighted by atomic mass is 32.1. The van der Waals surface area contributed by atoms with E-state index in [1.807, 2.05) is 41.0 Å². The van der Waals surface area contributed by atoms with Crippen LogP contribution >= 0.6 is 11.3 Å². The molecule has 1 unspecified atom stereocenters. The van der Waals surface area contributed by atoms with E-state index < -0.39 is 0 Å². The molecule has 3 aromatic rings. The van der Waals surface area contributed by atoms with Crippen molar-refractivity contribution in [2.75, 3.05) is 26.8 Å². The third-order valence-electron chi connectivity index (χ3n) is 4.94. The van der Waals surface area contributed by atoms with Gasteiger partial charge in [0.05, 0.1) is 22.3 Å². The number of hydrogen-bond acceptors (Lipinski definition) is 5. The Morgan fingerprint density at radius 2 is 2.31 bits per heavy atom. The molecule has 1 fully saturated rings. The maximum Gasteiger partial charge on any atom is 0.253 e. The number of likely N-dealkylation sites (tertiary alicyclic amines) is 1. The van der Waals surface area contributed by atoms with Crippen LogP contribution in [0.4, 0.5) is 0 Å². The molecule has 4 rings (SSSR count). The zero-order valence-corrected chi connectivity index (χ0v) is 15.6. The molecular weight excluding hydrogens is 348 g/mol. The van der Waals surface area contributed by atoms with Crippen molar-refractivity contribution in [3.63, 3.8) is 0 Å². The van der Waals surface area contributed by atoms with Crippen molar-refractivity contribution >= 4 is 27.5 Å². The standard InChI is InChI=1S/C19H22N4O2S/c1-25-10-9-22-8-6-20-18(22)15-3-2-7-23(12-15)19(24)14-4-5-16-17(11-14)26-13-21-16/h4-6,8,11,13,15H,2-3,7,9-10,12H2,1H3. The van der Waals surface area contributed by atoms with Crippen LogP contribution in [0, 0.1) is 0 Å². The molecule has 3 heterocycles. The Morgan fingerprint density at radius 1 is 1.38 bits per heavy atom. The number of methoxy groups -OCH3 is 1. The molecule has 1 atom stereocenters. The maximum atomic E-state index is 13.0. The highest BCUT2D eigenvalue weighted by molar-refractivity contribution is 7.16. The van der Waals surface area contributed by atoms with Gasteiger partial charge >= 0.3 is 0 Å². The molecule has 1 amide bonds. The molecule has 1 aliphatic rings. The minimum atomic E-state index is 0.0972. The van der Waals surface area contributed by atoms with Crippen molar-refractivity contribution in [1.82, 2.24) is 19.4 Å². The van der Waals surface area contributed by atoms with Crippen molar-refractivity contribution in [3.05, 3.63) is 47.5 Å². The smallest absolute Gasteiger partial charge is 0.253 e. The number of thiazole rings is 1. The van der Waals surface area contributed by atoms with Gasteiger partial charge in [-0.15, -0.1) is 11.3 Å². The first-order chi connectivity index (χ1) is 12.8. The van der Waals surface area contributed by atoms with Gasteiger partial charge < -0.3 is 14.2 Å². The Hall–Kier alpha value is -2.25. The molecule has 0 spiro atoms. The summed E-state index contributed by atoms with van der Waals surface area (Å²) in [6.07, 6.45) is 5.88. The monoisotopic (exact) mass is 370 g/mol. The van der Waals surface area contributed by atoms with E-state index in [1.54, 1.807) is 18.4 Å². The second kappa shape index (κ2) is 7.55. The maximum absolute atomic E-state index is 13.0. The Kier molecular flexibility index (Phi) is 4.99. The van der Waals surface area contributed by atoms with Crippen LogP contribution in [0.5, 0.6) is 0 Å². The molecule has 136 valence electrons. The minimum Gasteiger partial charge on any atom is -0.383 e. The fraction of sp³-hybridized carbons (Fsp3) is 0.421. The van der Waals surface area contributed by atoms with Gasteiger partial charge in [0.2, 0.25) is 0 Å². The van der Waals surface area contributed by atoms with Crippen molar-refractivity contribution in [2.24, 2.45) is 0 Å². The second-order valence-electron chi connectivity index (χ2n) is 6.60. The van der Waals surface area contributed by atoms with Gasteiger partial charge in [0, 0.05) is 50.6 Å². The van der Waals surface area contributed by atoms with Gasteiger partial charge in [-0.2, -0.15) is 0 Å². The lowest BCUT2D eigenvalue weighted by Crippen LogP contribution is -2.39. The van der Waals surface area contributed by atoms with Crippen molar-refractivity contribution in [2.45, 2.75) is 25.3 Å². The number of hydrogen-bond donors (Lipinski definition) is 0. The Balaban J connectivity index is 1.51. The molecule has 7 heteroatoms. The van der Waals surface area contributed by atoms with Gasteiger partial charge in [-0.1, -0.05) is 0 Å². The minimum absolute atomic E-state index is 0.0972. The number of imidazole rings is 1. The number of rotatable bonds is 5. The van der Waals surface area contributed by atoms with Crippen LogP contribution in [0.1, 0.15) is 34.9 Å². The average molecular weight is 370 g/mol. The predicted molar refractivity (Wildman–Crippen MR) is 102 cm³/mol. The molecule has 1 aromatic carbocycles. The van der Waals surface area contributed by atoms with Crippen LogP contribution in [0.2, 0.25) is 0 Å². The molecular formula is C19H22N4O2S. The Morgan fingerprint density at radius 3 is 3.19 bits per heavy atom. The zero-order valence-electron chi connectivity index (χ0n) is 14.8. The van der Waals surface area contributed by atoms with Gasteiger partial charge in [-0.05, 0) is 31.0 Å². The summed E-state index contributed by atoms with van der Waals surface area (Å²) in [7, 11) is 1.71. The number of fused-ring (bicyclic) bond motifs is 1. The lowest BCUT2D eigenvalue weighted by Gasteiger charge is -2.32. The van der Waals surface area contributed by atoms with Crippen LogP contribution in [0.15, 0.2) is 36.1 Å². The number of ether oxygens (including phenoxy) is 1. The molecule has 0 N–H and O–H groups in total. The predicted octanol–water partition coefficient (Wildman–Crippen LogP) is 3.16. The first-order valence-corrected chi connectivity index (χ1v) is 9.76. The zero-order chi connectivity index (χ0) is 17.9. The second-order valence-corrected chi connectivity index (χ2v) is 7.48. The fourth-order valence-electron chi connectivity index (χ4n) is 3.60. The number of amides is 1. The van der Waals surface area contributed by atoms with E-state index in [-0.39, 0.29) is 11.8 Å². The number of nitrogens with zero attached hydrogens (tertiary/aromatic N) is 4. The molecule has 0 aliphatic carbocycles. The molecule has 2 aromatic heterocycles. The molecule has 1 aliphatic heterocycles. The largest absolute Gasteiger partial charge is 0.383 e. The van der Waals surface area contributed by atoms with Gasteiger partial charge in [0.15, 0.2) is 0 Å². The van der Waals surface area contributed by atoms with Crippen molar-refractivity contribution in [3.8, 4) is 0 Å². The summed E-state index contributed by atoms with van der Waals surface area (Å²) >= 11 is 1.57. The normalized spacial score (nSPS) is 17.7. The third-order valence-corrected chi connectivity index (χ3v) is 5.73. The molecule has 1 saturated heterocycles. The number of piperidine rings is 1. The lowest BCUT2D eigenvalue weighted by atomic mass is 9.96. The van der Waals surface area contributed by atoms with Crippen LogP contribution < -0.4 is 0 Å². The van der Waals surface area contributed by atoms with Crippen molar-refractivity contribution in [1.29, 1.82) is 0 Å². The molecule has 0 saturated carbocycles. The van der Waals surface area contributed by atoms with Crippen LogP contribution in [-0.2, 0) is 11.3 Å². The van der Waals surface area contributed by atoms with Gasteiger partial charge in [0.25, 0.3) is 5.91 Å². The van der Waals surface area contributed by atoms with Gasteiger partial charge in [0.1, 0.15) is 5.82 Å². The number of carbonyl (C=O) groups is 1. The molecule has 0 bridgehead atoms. The highest BCUT2D eigenvalue weighted by Gasteiger charge is 2.28. The van der Waals surface area contributed by atoms with Crippen LogP contribution in [0.3, 0.4) is 0 Å². The number of carbonyl (C=O) groups excluding carboxylic acids is 1. The van der Waals surface area contributed by atoms with Crippen LogP contribution in [-0.4, -0.2) is 52.1 Å². The summed E-state index contributed by atoms with van der Waals surface area (Å²) in [5.41, 5.74) is 3.50. The molecule has 0 radical (unpaired) electrons. The Labute approximate surface area is 156 Å². The summed E-state index contributed by atoms with van der Waals surface area (Å²) < 4.78 is 8.39. The van der Waals surface area contributed by atoms with E-state index in [9.17, 15) is 4.79 Å². The van der Waals surface area contributed by atoms with E-state index in [0.717, 1.165) is 47.5 Å². The number of benzene rings is 1. The summed E-state index contributed by atoms with van der Waals surface area (Å²) in [6, 6.07) is 5.77. The summed E-state index contributed by atoms with van der Waals surface area (Å²) in [5.74, 6) is 1.42. The van der Waals surface area contributed by atoms with E-state index in [4.69, 9.17) is 4.74 Å². The van der Waals surface area contributed by atoms with E-state index in [0.29, 0.717) is 13.2 Å². The van der Waals surface area contributed by atoms with E-state index in [1.165, 1.54) is 0 Å². The summed E-state index contributed by atoms with van der Waals surface area (Å²) in [5, 5.41) is 0. The molecule has 6 nitrogen and oxygen atoms in total. The fourth-order valence-corrected chi connectivity index (χ4v) is 4.32. The average Bonchev–Trinajstić information content (AvgIpc) is 3.34. The van der Waals surface area contributed by atoms with Crippen molar-refractivity contribution < 1.29 is 9.53 Å². The molecule has 26 heavy (non-hydrogen) atoms. The summed E-state index contributed by atoms with van der Waals surface area (Å²) in [4.78, 5) is 23.8. The SMILES string of the molecule is COCCn1ccnc1C1CCCN(C(=O)c2ccc3ncsc3c2)C1. The van der Waals surface area contributed by atoms with E-state index in [2.05, 4.69) is 14.5 Å². The first kappa shape index (κ1) is 17.2. The van der Waals surface area contributed by atoms with Gasteiger partial charge in [-0.3, -0.25) is 4.79 Å².